The van der Waals surface area contributed by atoms with Crippen molar-refractivity contribution in [1.82, 2.24) is 0 Å². The Kier molecular flexibility index (Phi) is 16.9. The molecule has 0 aliphatic carbocycles. The summed E-state index contributed by atoms with van der Waals surface area (Å²) in [6, 6.07) is 0. The van der Waals surface area contributed by atoms with Gasteiger partial charge in [-0.3, -0.25) is 0 Å². The molecule has 19 heavy (non-hydrogen) atoms. The molecule has 0 aromatic heterocycles. The van der Waals surface area contributed by atoms with Crippen LogP contribution in [0.1, 0.15) is 84.0 Å². The van der Waals surface area contributed by atoms with Crippen molar-refractivity contribution in [2.45, 2.75) is 84.0 Å². The Hall–Kier alpha value is -0.590. The Balaban J connectivity index is 3.12. The third-order valence-corrected chi connectivity index (χ3v) is 3.26. The van der Waals surface area contributed by atoms with E-state index in [0.717, 1.165) is 19.5 Å². The molecular formula is C18H32F. The highest BCUT2D eigenvalue weighted by Crippen LogP contribution is 2.08. The lowest BCUT2D eigenvalue weighted by Crippen LogP contribution is -1.78. The molecule has 0 atom stereocenters. The fourth-order valence-electron chi connectivity index (χ4n) is 2.03. The maximum Gasteiger partial charge on any atom is 0.131 e. The van der Waals surface area contributed by atoms with Crippen LogP contribution in [0.4, 0.5) is 4.39 Å². The first-order valence-electron chi connectivity index (χ1n) is 8.13. The van der Waals surface area contributed by atoms with E-state index in [2.05, 4.69) is 31.2 Å². The van der Waals surface area contributed by atoms with Gasteiger partial charge in [-0.2, -0.15) is 0 Å². The molecule has 0 aliphatic heterocycles. The summed E-state index contributed by atoms with van der Waals surface area (Å²) < 4.78 is 11.7. The molecule has 0 fully saturated rings. The van der Waals surface area contributed by atoms with Crippen LogP contribution < -0.4 is 0 Å². The Labute approximate surface area is 120 Å². The minimum atomic E-state index is 0.629. The van der Waals surface area contributed by atoms with E-state index >= 15 is 0 Å². The lowest BCUT2D eigenvalue weighted by atomic mass is 10.1. The van der Waals surface area contributed by atoms with Crippen molar-refractivity contribution in [2.75, 3.05) is 0 Å². The predicted molar refractivity (Wildman–Crippen MR) is 84.8 cm³/mol. The molecular weight excluding hydrogens is 235 g/mol. The minimum absolute atomic E-state index is 0.629. The fourth-order valence-corrected chi connectivity index (χ4v) is 2.03. The standard InChI is InChI=1S/C18H32F/c1-2-3-4-5-6-7-8-9-10-11-12-13-14-15-16-17-18-19/h6-7,9-10,18H,2-5,8,11-17H2,1H3/b7-6-,10-9-. The molecule has 1 heteroatoms. The number of halogens is 1. The summed E-state index contributed by atoms with van der Waals surface area (Å²) in [5.74, 6) is 0. The first-order valence-corrected chi connectivity index (χ1v) is 8.13. The first-order chi connectivity index (χ1) is 9.41. The fraction of sp³-hybridized carbons (Fsp3) is 0.722. The molecule has 0 rings (SSSR count). The number of allylic oxidation sites excluding steroid dienone is 4. The van der Waals surface area contributed by atoms with Crippen molar-refractivity contribution in [2.24, 2.45) is 0 Å². The maximum atomic E-state index is 11.7. The second kappa shape index (κ2) is 17.4. The molecule has 0 aliphatic rings. The zero-order valence-electron chi connectivity index (χ0n) is 12.7. The van der Waals surface area contributed by atoms with Crippen LogP contribution in [0.5, 0.6) is 0 Å². The molecule has 0 aromatic rings. The summed E-state index contributed by atoms with van der Waals surface area (Å²) in [5.41, 5.74) is 0. The number of hydrogen-bond donors (Lipinski definition) is 0. The highest BCUT2D eigenvalue weighted by atomic mass is 19.1. The molecule has 0 spiro atoms. The second-order valence-electron chi connectivity index (χ2n) is 5.17. The predicted octanol–water partition coefficient (Wildman–Crippen LogP) is 6.93. The summed E-state index contributed by atoms with van der Waals surface area (Å²) in [4.78, 5) is 0. The minimum Gasteiger partial charge on any atom is -0.244 e. The van der Waals surface area contributed by atoms with Gasteiger partial charge in [-0.1, -0.05) is 69.8 Å². The van der Waals surface area contributed by atoms with Gasteiger partial charge < -0.3 is 0 Å². The van der Waals surface area contributed by atoms with Crippen LogP contribution in [0.15, 0.2) is 24.3 Å². The van der Waals surface area contributed by atoms with Crippen molar-refractivity contribution >= 4 is 0 Å². The Morgan fingerprint density at radius 3 is 1.74 bits per heavy atom. The lowest BCUT2D eigenvalue weighted by molar-refractivity contribution is 0.534. The highest BCUT2D eigenvalue weighted by molar-refractivity contribution is 4.92. The van der Waals surface area contributed by atoms with Gasteiger partial charge in [0.15, 0.2) is 0 Å². The average Bonchev–Trinajstić information content (AvgIpc) is 2.43. The third kappa shape index (κ3) is 17.4. The van der Waals surface area contributed by atoms with Crippen LogP contribution in [0.2, 0.25) is 0 Å². The normalized spacial score (nSPS) is 11.9. The molecule has 0 nitrogen and oxygen atoms in total. The van der Waals surface area contributed by atoms with Crippen LogP contribution in [-0.4, -0.2) is 0 Å². The number of hydrogen-bond acceptors (Lipinski definition) is 0. The third-order valence-electron chi connectivity index (χ3n) is 3.26. The molecule has 0 unspecified atom stereocenters. The van der Waals surface area contributed by atoms with Gasteiger partial charge in [0.05, 0.1) is 0 Å². The zero-order chi connectivity index (χ0) is 14.0. The summed E-state index contributed by atoms with van der Waals surface area (Å²) in [6.45, 7) is 3.02. The highest BCUT2D eigenvalue weighted by Gasteiger charge is 1.90. The van der Waals surface area contributed by atoms with Crippen LogP contribution in [0.3, 0.4) is 0 Å². The maximum absolute atomic E-state index is 11.7. The average molecular weight is 267 g/mol. The molecule has 0 N–H and O–H groups in total. The van der Waals surface area contributed by atoms with E-state index in [-0.39, 0.29) is 0 Å². The van der Waals surface area contributed by atoms with Gasteiger partial charge in [0.2, 0.25) is 0 Å². The smallest absolute Gasteiger partial charge is 0.131 e. The molecule has 0 heterocycles. The van der Waals surface area contributed by atoms with Crippen LogP contribution in [-0.2, 0) is 0 Å². The molecule has 0 amide bonds. The Morgan fingerprint density at radius 2 is 1.16 bits per heavy atom. The van der Waals surface area contributed by atoms with Gasteiger partial charge in [0, 0.05) is 0 Å². The molecule has 0 saturated heterocycles. The van der Waals surface area contributed by atoms with E-state index in [1.807, 2.05) is 0 Å². The van der Waals surface area contributed by atoms with Crippen molar-refractivity contribution in [3.8, 4) is 0 Å². The summed E-state index contributed by atoms with van der Waals surface area (Å²) >= 11 is 0. The summed E-state index contributed by atoms with van der Waals surface area (Å²) in [5, 5.41) is 0. The van der Waals surface area contributed by atoms with Gasteiger partial charge >= 0.3 is 0 Å². The van der Waals surface area contributed by atoms with Crippen LogP contribution in [0.25, 0.3) is 0 Å². The van der Waals surface area contributed by atoms with E-state index in [1.54, 1.807) is 0 Å². The van der Waals surface area contributed by atoms with E-state index in [1.165, 1.54) is 57.8 Å². The zero-order valence-corrected chi connectivity index (χ0v) is 12.7. The number of rotatable bonds is 14. The van der Waals surface area contributed by atoms with Crippen LogP contribution in [0, 0.1) is 6.67 Å². The van der Waals surface area contributed by atoms with Gasteiger partial charge in [0.1, 0.15) is 6.67 Å². The topological polar surface area (TPSA) is 0 Å². The molecule has 0 saturated carbocycles. The molecule has 1 radical (unpaired) electrons. The van der Waals surface area contributed by atoms with E-state index in [9.17, 15) is 4.39 Å². The van der Waals surface area contributed by atoms with Gasteiger partial charge in [-0.05, 0) is 38.5 Å². The molecule has 0 aromatic carbocycles. The van der Waals surface area contributed by atoms with Crippen molar-refractivity contribution in [1.29, 1.82) is 0 Å². The van der Waals surface area contributed by atoms with E-state index in [0.29, 0.717) is 6.42 Å². The van der Waals surface area contributed by atoms with Gasteiger partial charge in [0.25, 0.3) is 0 Å². The van der Waals surface area contributed by atoms with Crippen molar-refractivity contribution in [3.05, 3.63) is 31.0 Å². The quantitative estimate of drug-likeness (QED) is 0.236. The van der Waals surface area contributed by atoms with Crippen LogP contribution >= 0.6 is 0 Å². The SMILES string of the molecule is CCCCC/C=C\C/C=C\CCCCCCC[CH]F. The largest absolute Gasteiger partial charge is 0.244 e. The summed E-state index contributed by atoms with van der Waals surface area (Å²) in [6.07, 6.45) is 23.3. The Morgan fingerprint density at radius 1 is 0.632 bits per heavy atom. The van der Waals surface area contributed by atoms with Gasteiger partial charge in [-0.25, -0.2) is 4.39 Å². The summed E-state index contributed by atoms with van der Waals surface area (Å²) in [7, 11) is 0. The van der Waals surface area contributed by atoms with Crippen molar-refractivity contribution in [3.63, 3.8) is 0 Å². The van der Waals surface area contributed by atoms with Crippen molar-refractivity contribution < 1.29 is 4.39 Å². The molecule has 111 valence electrons. The van der Waals surface area contributed by atoms with E-state index < -0.39 is 0 Å². The molecule has 0 bridgehead atoms. The van der Waals surface area contributed by atoms with E-state index in [4.69, 9.17) is 0 Å². The monoisotopic (exact) mass is 267 g/mol. The first kappa shape index (κ1) is 18.4. The number of unbranched alkanes of at least 4 members (excludes halogenated alkanes) is 9. The van der Waals surface area contributed by atoms with Gasteiger partial charge in [-0.15, -0.1) is 0 Å². The lowest BCUT2D eigenvalue weighted by Gasteiger charge is -1.97. The second-order valence-corrected chi connectivity index (χ2v) is 5.17. The Bertz CT molecular complexity index is 206.